The molecule has 1 saturated heterocycles. The van der Waals surface area contributed by atoms with Crippen LogP contribution < -0.4 is 16.2 Å². The number of piperidine rings is 1. The van der Waals surface area contributed by atoms with Gasteiger partial charge in [0.15, 0.2) is 0 Å². The van der Waals surface area contributed by atoms with Crippen molar-refractivity contribution in [1.29, 1.82) is 0 Å². The SMILES string of the molecule is CC1CC(Nc2ccc(S(N)(=O)=O)c(N)c2)CCN1C. The van der Waals surface area contributed by atoms with Crippen molar-refractivity contribution in [3.63, 3.8) is 0 Å². The summed E-state index contributed by atoms with van der Waals surface area (Å²) in [6, 6.07) is 5.69. The van der Waals surface area contributed by atoms with Gasteiger partial charge in [0, 0.05) is 24.3 Å². The van der Waals surface area contributed by atoms with Crippen LogP contribution in [0.3, 0.4) is 0 Å². The average molecular weight is 298 g/mol. The number of sulfonamides is 1. The van der Waals surface area contributed by atoms with E-state index in [1.54, 1.807) is 12.1 Å². The Morgan fingerprint density at radius 3 is 2.65 bits per heavy atom. The van der Waals surface area contributed by atoms with Crippen LogP contribution in [-0.4, -0.2) is 39.0 Å². The van der Waals surface area contributed by atoms with Crippen molar-refractivity contribution in [2.75, 3.05) is 24.6 Å². The first kappa shape index (κ1) is 15.1. The lowest BCUT2D eigenvalue weighted by Crippen LogP contribution is -2.42. The molecule has 7 heteroatoms. The summed E-state index contributed by atoms with van der Waals surface area (Å²) >= 11 is 0. The van der Waals surface area contributed by atoms with Crippen molar-refractivity contribution >= 4 is 21.4 Å². The van der Waals surface area contributed by atoms with Crippen LogP contribution in [0.2, 0.25) is 0 Å². The molecule has 1 fully saturated rings. The fraction of sp³-hybridized carbons (Fsp3) is 0.538. The minimum atomic E-state index is -3.76. The molecule has 0 bridgehead atoms. The Hall–Kier alpha value is -1.31. The van der Waals surface area contributed by atoms with Crippen LogP contribution in [0.25, 0.3) is 0 Å². The Bertz CT molecular complexity index is 588. The van der Waals surface area contributed by atoms with E-state index in [1.807, 2.05) is 0 Å². The lowest BCUT2D eigenvalue weighted by atomic mass is 9.98. The molecule has 1 aliphatic heterocycles. The van der Waals surface area contributed by atoms with Gasteiger partial charge in [-0.1, -0.05) is 0 Å². The summed E-state index contributed by atoms with van der Waals surface area (Å²) in [5, 5.41) is 8.50. The summed E-state index contributed by atoms with van der Waals surface area (Å²) in [6.07, 6.45) is 2.10. The molecule has 112 valence electrons. The summed E-state index contributed by atoms with van der Waals surface area (Å²) in [4.78, 5) is 2.30. The van der Waals surface area contributed by atoms with E-state index in [-0.39, 0.29) is 10.6 Å². The predicted molar refractivity (Wildman–Crippen MR) is 81.0 cm³/mol. The molecule has 0 saturated carbocycles. The van der Waals surface area contributed by atoms with Crippen LogP contribution in [0.1, 0.15) is 19.8 Å². The highest BCUT2D eigenvalue weighted by atomic mass is 32.2. The van der Waals surface area contributed by atoms with Crippen molar-refractivity contribution < 1.29 is 8.42 Å². The number of rotatable bonds is 3. The Kier molecular flexibility index (Phi) is 4.22. The molecular weight excluding hydrogens is 276 g/mol. The van der Waals surface area contributed by atoms with Gasteiger partial charge in [0.1, 0.15) is 4.90 Å². The fourth-order valence-corrected chi connectivity index (χ4v) is 3.20. The topological polar surface area (TPSA) is 101 Å². The zero-order chi connectivity index (χ0) is 14.9. The highest BCUT2D eigenvalue weighted by molar-refractivity contribution is 7.89. The van der Waals surface area contributed by atoms with Crippen LogP contribution in [0.5, 0.6) is 0 Å². The van der Waals surface area contributed by atoms with Crippen LogP contribution in [0.15, 0.2) is 23.1 Å². The largest absolute Gasteiger partial charge is 0.398 e. The van der Waals surface area contributed by atoms with Gasteiger partial charge in [-0.15, -0.1) is 0 Å². The van der Waals surface area contributed by atoms with Gasteiger partial charge < -0.3 is 16.0 Å². The van der Waals surface area contributed by atoms with Crippen LogP contribution >= 0.6 is 0 Å². The second-order valence-corrected chi connectivity index (χ2v) is 7.02. The molecular formula is C13H22N4O2S. The molecule has 1 aromatic carbocycles. The normalized spacial score (nSPS) is 24.6. The Labute approximate surface area is 120 Å². The summed E-state index contributed by atoms with van der Waals surface area (Å²) in [5.41, 5.74) is 6.76. The minimum absolute atomic E-state index is 0.0280. The van der Waals surface area contributed by atoms with E-state index in [0.717, 1.165) is 25.1 Å². The van der Waals surface area contributed by atoms with Gasteiger partial charge in [-0.05, 0) is 45.0 Å². The number of hydrogen-bond donors (Lipinski definition) is 3. The van der Waals surface area contributed by atoms with E-state index in [1.165, 1.54) is 6.07 Å². The van der Waals surface area contributed by atoms with Gasteiger partial charge in [0.25, 0.3) is 0 Å². The Morgan fingerprint density at radius 2 is 2.10 bits per heavy atom. The second kappa shape index (κ2) is 5.59. The van der Waals surface area contributed by atoms with Gasteiger partial charge in [-0.3, -0.25) is 0 Å². The number of nitrogens with one attached hydrogen (secondary N) is 1. The van der Waals surface area contributed by atoms with E-state index >= 15 is 0 Å². The van der Waals surface area contributed by atoms with Crippen LogP contribution in [0.4, 0.5) is 11.4 Å². The summed E-state index contributed by atoms with van der Waals surface area (Å²) in [7, 11) is -1.63. The van der Waals surface area contributed by atoms with Crippen LogP contribution in [0, 0.1) is 0 Å². The second-order valence-electron chi connectivity index (χ2n) is 5.49. The minimum Gasteiger partial charge on any atom is -0.398 e. The number of hydrogen-bond acceptors (Lipinski definition) is 5. The molecule has 0 amide bonds. The first-order valence-electron chi connectivity index (χ1n) is 6.66. The molecule has 2 atom stereocenters. The zero-order valence-electron chi connectivity index (χ0n) is 11.8. The molecule has 0 aliphatic carbocycles. The van der Waals surface area contributed by atoms with Gasteiger partial charge in [-0.25, -0.2) is 13.6 Å². The monoisotopic (exact) mass is 298 g/mol. The fourth-order valence-electron chi connectivity index (χ4n) is 2.55. The van der Waals surface area contributed by atoms with Crippen molar-refractivity contribution in [2.45, 2.75) is 36.7 Å². The van der Waals surface area contributed by atoms with E-state index in [4.69, 9.17) is 10.9 Å². The van der Waals surface area contributed by atoms with Crippen molar-refractivity contribution in [1.82, 2.24) is 4.90 Å². The average Bonchev–Trinajstić information content (AvgIpc) is 2.32. The Morgan fingerprint density at radius 1 is 1.40 bits per heavy atom. The lowest BCUT2D eigenvalue weighted by molar-refractivity contribution is 0.190. The standard InChI is InChI=1S/C13H22N4O2S/c1-9-7-11(5-6-17(9)2)16-10-3-4-13(12(14)8-10)20(15,18)19/h3-4,8-9,11,16H,5-7,14H2,1-2H3,(H2,15,18,19). The molecule has 5 N–H and O–H groups in total. The molecule has 0 aromatic heterocycles. The van der Waals surface area contributed by atoms with Crippen molar-refractivity contribution in [3.8, 4) is 0 Å². The van der Waals surface area contributed by atoms with E-state index in [0.29, 0.717) is 12.1 Å². The van der Waals surface area contributed by atoms with Crippen molar-refractivity contribution in [3.05, 3.63) is 18.2 Å². The number of likely N-dealkylation sites (tertiary alicyclic amines) is 1. The van der Waals surface area contributed by atoms with Gasteiger partial charge in [0.05, 0.1) is 5.69 Å². The van der Waals surface area contributed by atoms with Gasteiger partial charge >= 0.3 is 0 Å². The molecule has 0 spiro atoms. The van der Waals surface area contributed by atoms with E-state index < -0.39 is 10.0 Å². The Balaban J connectivity index is 2.10. The quantitative estimate of drug-likeness (QED) is 0.717. The number of benzene rings is 1. The zero-order valence-corrected chi connectivity index (χ0v) is 12.7. The highest BCUT2D eigenvalue weighted by Gasteiger charge is 2.22. The predicted octanol–water partition coefficient (Wildman–Crippen LogP) is 0.811. The summed E-state index contributed by atoms with van der Waals surface area (Å²) in [6.45, 7) is 3.25. The maximum atomic E-state index is 11.3. The molecule has 20 heavy (non-hydrogen) atoms. The number of nitrogens with two attached hydrogens (primary N) is 2. The summed E-state index contributed by atoms with van der Waals surface area (Å²) < 4.78 is 22.6. The number of nitrogen functional groups attached to an aromatic ring is 1. The highest BCUT2D eigenvalue weighted by Crippen LogP contribution is 2.24. The maximum absolute atomic E-state index is 11.3. The smallest absolute Gasteiger partial charge is 0.240 e. The molecule has 1 aliphatic rings. The number of anilines is 2. The third kappa shape index (κ3) is 3.41. The molecule has 2 rings (SSSR count). The first-order chi connectivity index (χ1) is 9.27. The number of primary sulfonamides is 1. The molecule has 1 aromatic rings. The third-order valence-corrected chi connectivity index (χ3v) is 4.88. The molecule has 1 heterocycles. The first-order valence-corrected chi connectivity index (χ1v) is 8.21. The molecule has 6 nitrogen and oxygen atoms in total. The van der Waals surface area contributed by atoms with Gasteiger partial charge in [0.2, 0.25) is 10.0 Å². The molecule has 0 radical (unpaired) electrons. The third-order valence-electron chi connectivity index (χ3n) is 3.90. The number of nitrogens with zero attached hydrogens (tertiary/aromatic N) is 1. The van der Waals surface area contributed by atoms with Crippen LogP contribution in [-0.2, 0) is 10.0 Å². The lowest BCUT2D eigenvalue weighted by Gasteiger charge is -2.35. The maximum Gasteiger partial charge on any atom is 0.240 e. The van der Waals surface area contributed by atoms with Crippen molar-refractivity contribution in [2.24, 2.45) is 5.14 Å². The van der Waals surface area contributed by atoms with Gasteiger partial charge in [-0.2, -0.15) is 0 Å². The van der Waals surface area contributed by atoms with E-state index in [2.05, 4.69) is 24.2 Å². The van der Waals surface area contributed by atoms with E-state index in [9.17, 15) is 8.42 Å². The summed E-state index contributed by atoms with van der Waals surface area (Å²) in [5.74, 6) is 0. The molecule has 2 unspecified atom stereocenters.